The lowest BCUT2D eigenvalue weighted by Gasteiger charge is -2.30. The third-order valence-corrected chi connectivity index (χ3v) is 3.81. The van der Waals surface area contributed by atoms with Crippen molar-refractivity contribution >= 4 is 17.7 Å². The van der Waals surface area contributed by atoms with E-state index in [-0.39, 0.29) is 11.9 Å². The number of hydrogen-bond acceptors (Lipinski definition) is 2. The Bertz CT molecular complexity index is 489. The van der Waals surface area contributed by atoms with Crippen molar-refractivity contribution in [3.63, 3.8) is 0 Å². The SMILES string of the molecule is CCN(C(=O)N1CCC(C)C1C(=O)O)c1ccccc1. The van der Waals surface area contributed by atoms with Gasteiger partial charge in [0.1, 0.15) is 6.04 Å². The fourth-order valence-electron chi connectivity index (χ4n) is 2.73. The number of nitrogens with zero attached hydrogens (tertiary/aromatic N) is 2. The van der Waals surface area contributed by atoms with Crippen LogP contribution in [0.2, 0.25) is 0 Å². The summed E-state index contributed by atoms with van der Waals surface area (Å²) in [5.74, 6) is -0.932. The quantitative estimate of drug-likeness (QED) is 0.922. The Morgan fingerprint density at radius 1 is 1.35 bits per heavy atom. The van der Waals surface area contributed by atoms with E-state index in [0.717, 1.165) is 12.1 Å². The lowest BCUT2D eigenvalue weighted by molar-refractivity contribution is -0.142. The van der Waals surface area contributed by atoms with Crippen LogP contribution in [0.15, 0.2) is 30.3 Å². The zero-order valence-electron chi connectivity index (χ0n) is 11.8. The van der Waals surface area contributed by atoms with Crippen molar-refractivity contribution in [1.82, 2.24) is 4.90 Å². The lowest BCUT2D eigenvalue weighted by Crippen LogP contribution is -2.49. The molecule has 1 fully saturated rings. The van der Waals surface area contributed by atoms with E-state index in [1.165, 1.54) is 4.90 Å². The summed E-state index contributed by atoms with van der Waals surface area (Å²) in [5, 5.41) is 9.32. The lowest BCUT2D eigenvalue weighted by atomic mass is 10.0. The van der Waals surface area contributed by atoms with Crippen LogP contribution < -0.4 is 4.90 Å². The second-order valence-corrected chi connectivity index (χ2v) is 5.10. The van der Waals surface area contributed by atoms with E-state index in [9.17, 15) is 14.7 Å². The number of carbonyl (C=O) groups excluding carboxylic acids is 1. The molecule has 2 amide bonds. The summed E-state index contributed by atoms with van der Waals surface area (Å²) in [6.45, 7) is 4.78. The molecule has 0 aliphatic carbocycles. The summed E-state index contributed by atoms with van der Waals surface area (Å²) in [6.07, 6.45) is 0.731. The topological polar surface area (TPSA) is 60.9 Å². The molecule has 1 aliphatic heterocycles. The molecular formula is C15H20N2O3. The first-order valence-corrected chi connectivity index (χ1v) is 6.92. The number of carboxylic acids is 1. The first-order valence-electron chi connectivity index (χ1n) is 6.92. The van der Waals surface area contributed by atoms with Crippen molar-refractivity contribution in [1.29, 1.82) is 0 Å². The van der Waals surface area contributed by atoms with Gasteiger partial charge in [-0.25, -0.2) is 9.59 Å². The minimum Gasteiger partial charge on any atom is -0.480 e. The van der Waals surface area contributed by atoms with Crippen LogP contribution in [-0.2, 0) is 4.79 Å². The van der Waals surface area contributed by atoms with Gasteiger partial charge in [-0.05, 0) is 31.4 Å². The molecule has 0 spiro atoms. The maximum atomic E-state index is 12.6. The number of urea groups is 1. The zero-order chi connectivity index (χ0) is 14.7. The molecule has 1 aliphatic rings. The highest BCUT2D eigenvalue weighted by Crippen LogP contribution is 2.27. The van der Waals surface area contributed by atoms with Crippen molar-refractivity contribution in [2.75, 3.05) is 18.0 Å². The molecule has 2 atom stereocenters. The van der Waals surface area contributed by atoms with Gasteiger partial charge in [-0.1, -0.05) is 25.1 Å². The van der Waals surface area contributed by atoms with Crippen LogP contribution in [0.25, 0.3) is 0 Å². The van der Waals surface area contributed by atoms with Crippen LogP contribution in [0.3, 0.4) is 0 Å². The Morgan fingerprint density at radius 3 is 2.55 bits per heavy atom. The van der Waals surface area contributed by atoms with Gasteiger partial charge in [-0.15, -0.1) is 0 Å². The van der Waals surface area contributed by atoms with Crippen LogP contribution in [0.5, 0.6) is 0 Å². The number of amides is 2. The number of hydrogen-bond donors (Lipinski definition) is 1. The third kappa shape index (κ3) is 2.61. The fraction of sp³-hybridized carbons (Fsp3) is 0.467. The fourth-order valence-corrected chi connectivity index (χ4v) is 2.73. The largest absolute Gasteiger partial charge is 0.480 e. The van der Waals surface area contributed by atoms with Crippen molar-refractivity contribution in [3.8, 4) is 0 Å². The Hall–Kier alpha value is -2.04. The van der Waals surface area contributed by atoms with Crippen LogP contribution in [0.1, 0.15) is 20.3 Å². The third-order valence-electron chi connectivity index (χ3n) is 3.81. The molecule has 5 nitrogen and oxygen atoms in total. The molecule has 1 heterocycles. The molecule has 0 radical (unpaired) electrons. The van der Waals surface area contributed by atoms with Gasteiger partial charge in [0.2, 0.25) is 0 Å². The molecule has 2 rings (SSSR count). The number of carboxylic acid groups (broad SMARTS) is 1. The summed E-state index contributed by atoms with van der Waals surface area (Å²) >= 11 is 0. The van der Waals surface area contributed by atoms with Crippen molar-refractivity contribution in [3.05, 3.63) is 30.3 Å². The number of aliphatic carboxylic acids is 1. The Balaban J connectivity index is 2.23. The number of para-hydroxylation sites is 1. The van der Waals surface area contributed by atoms with Gasteiger partial charge < -0.3 is 10.0 Å². The van der Waals surface area contributed by atoms with Crippen LogP contribution in [-0.4, -0.2) is 41.1 Å². The summed E-state index contributed by atoms with van der Waals surface area (Å²) in [7, 11) is 0. The molecule has 2 unspecified atom stereocenters. The standard InChI is InChI=1S/C15H20N2O3/c1-3-16(12-7-5-4-6-8-12)15(20)17-10-9-11(2)13(17)14(18)19/h4-8,11,13H,3,9-10H2,1-2H3,(H,18,19). The normalized spacial score (nSPS) is 21.8. The minimum absolute atomic E-state index is 0.00840. The van der Waals surface area contributed by atoms with Crippen molar-refractivity contribution < 1.29 is 14.7 Å². The molecule has 0 saturated carbocycles. The Kier molecular flexibility index (Phi) is 4.27. The number of rotatable bonds is 3. The second-order valence-electron chi connectivity index (χ2n) is 5.10. The predicted molar refractivity (Wildman–Crippen MR) is 76.8 cm³/mol. The van der Waals surface area contributed by atoms with E-state index < -0.39 is 12.0 Å². The van der Waals surface area contributed by atoms with E-state index in [2.05, 4.69) is 0 Å². The van der Waals surface area contributed by atoms with Crippen LogP contribution in [0, 0.1) is 5.92 Å². The van der Waals surface area contributed by atoms with Gasteiger partial charge >= 0.3 is 12.0 Å². The highest BCUT2D eigenvalue weighted by molar-refractivity contribution is 5.94. The zero-order valence-corrected chi connectivity index (χ0v) is 11.8. The Morgan fingerprint density at radius 2 is 2.00 bits per heavy atom. The number of likely N-dealkylation sites (tertiary alicyclic amines) is 1. The maximum absolute atomic E-state index is 12.6. The van der Waals surface area contributed by atoms with Crippen LogP contribution >= 0.6 is 0 Å². The van der Waals surface area contributed by atoms with Crippen molar-refractivity contribution in [2.24, 2.45) is 5.92 Å². The summed E-state index contributed by atoms with van der Waals surface area (Å²) in [6, 6.07) is 8.39. The summed E-state index contributed by atoms with van der Waals surface area (Å²) in [5.41, 5.74) is 0.795. The molecule has 0 bridgehead atoms. The predicted octanol–water partition coefficient (Wildman–Crippen LogP) is 2.43. The molecule has 20 heavy (non-hydrogen) atoms. The van der Waals surface area contributed by atoms with Gasteiger partial charge in [0.25, 0.3) is 0 Å². The summed E-state index contributed by atoms with van der Waals surface area (Å²) < 4.78 is 0. The average Bonchev–Trinajstić information content (AvgIpc) is 2.82. The Labute approximate surface area is 118 Å². The smallest absolute Gasteiger partial charge is 0.326 e. The molecule has 1 saturated heterocycles. The molecule has 108 valence electrons. The number of benzene rings is 1. The molecule has 1 aromatic rings. The van der Waals surface area contributed by atoms with Gasteiger partial charge in [0, 0.05) is 18.8 Å². The van der Waals surface area contributed by atoms with E-state index in [1.807, 2.05) is 44.2 Å². The molecular weight excluding hydrogens is 256 g/mol. The number of carbonyl (C=O) groups is 2. The highest BCUT2D eigenvalue weighted by Gasteiger charge is 2.41. The van der Waals surface area contributed by atoms with Crippen molar-refractivity contribution in [2.45, 2.75) is 26.3 Å². The van der Waals surface area contributed by atoms with Gasteiger partial charge in [-0.2, -0.15) is 0 Å². The highest BCUT2D eigenvalue weighted by atomic mass is 16.4. The van der Waals surface area contributed by atoms with Gasteiger partial charge in [0.05, 0.1) is 0 Å². The molecule has 1 aromatic carbocycles. The van der Waals surface area contributed by atoms with Gasteiger partial charge in [-0.3, -0.25) is 4.90 Å². The number of anilines is 1. The van der Waals surface area contributed by atoms with E-state index >= 15 is 0 Å². The average molecular weight is 276 g/mol. The molecule has 1 N–H and O–H groups in total. The first kappa shape index (κ1) is 14.4. The second kappa shape index (κ2) is 5.94. The van der Waals surface area contributed by atoms with E-state index in [0.29, 0.717) is 13.1 Å². The monoisotopic (exact) mass is 276 g/mol. The minimum atomic E-state index is -0.924. The van der Waals surface area contributed by atoms with E-state index in [4.69, 9.17) is 0 Å². The maximum Gasteiger partial charge on any atom is 0.326 e. The first-order chi connectivity index (χ1) is 9.56. The molecule has 0 aromatic heterocycles. The summed E-state index contributed by atoms with van der Waals surface area (Å²) in [4.78, 5) is 27.1. The van der Waals surface area contributed by atoms with Gasteiger partial charge in [0.15, 0.2) is 0 Å². The molecule has 5 heteroatoms. The van der Waals surface area contributed by atoms with E-state index in [1.54, 1.807) is 4.90 Å². The van der Waals surface area contributed by atoms with Crippen LogP contribution in [0.4, 0.5) is 10.5 Å².